The van der Waals surface area contributed by atoms with E-state index in [1.807, 2.05) is 0 Å². The summed E-state index contributed by atoms with van der Waals surface area (Å²) >= 11 is 11.8. The molecule has 1 unspecified atom stereocenters. The first-order chi connectivity index (χ1) is 10.1. The fraction of sp³-hybridized carbons (Fsp3) is 0.625. The largest absolute Gasteiger partial charge is 0.491 e. The van der Waals surface area contributed by atoms with Gasteiger partial charge in [0, 0.05) is 18.7 Å². The van der Waals surface area contributed by atoms with Gasteiger partial charge in [-0.1, -0.05) is 48.9 Å². The smallest absolute Gasteiger partial charge is 0.121 e. The lowest BCUT2D eigenvalue weighted by Crippen LogP contribution is -2.37. The number of aliphatic hydroxyl groups is 1. The molecule has 0 saturated heterocycles. The molecule has 3 nitrogen and oxygen atoms in total. The molecule has 1 aromatic carbocycles. The zero-order chi connectivity index (χ0) is 15.1. The Labute approximate surface area is 136 Å². The number of hydrogen-bond acceptors (Lipinski definition) is 3. The number of rotatable bonds is 6. The van der Waals surface area contributed by atoms with Crippen LogP contribution in [0, 0.1) is 0 Å². The molecule has 21 heavy (non-hydrogen) atoms. The minimum Gasteiger partial charge on any atom is -0.491 e. The minimum absolute atomic E-state index is 0.248. The van der Waals surface area contributed by atoms with Crippen LogP contribution < -0.4 is 10.1 Å². The SMILES string of the molecule is OC(CNC1CCCCCC1)COc1ccc(Cl)c(Cl)c1. The number of ether oxygens (including phenoxy) is 1. The Morgan fingerprint density at radius 1 is 1.14 bits per heavy atom. The van der Waals surface area contributed by atoms with E-state index in [0.29, 0.717) is 28.4 Å². The van der Waals surface area contributed by atoms with Crippen LogP contribution in [0.1, 0.15) is 38.5 Å². The highest BCUT2D eigenvalue weighted by atomic mass is 35.5. The summed E-state index contributed by atoms with van der Waals surface area (Å²) in [5.41, 5.74) is 0. The Kier molecular flexibility index (Phi) is 7.11. The summed E-state index contributed by atoms with van der Waals surface area (Å²) in [7, 11) is 0. The van der Waals surface area contributed by atoms with Gasteiger partial charge in [-0.3, -0.25) is 0 Å². The highest BCUT2D eigenvalue weighted by molar-refractivity contribution is 6.42. The third kappa shape index (κ3) is 6.03. The van der Waals surface area contributed by atoms with Crippen LogP contribution in [0.3, 0.4) is 0 Å². The maximum Gasteiger partial charge on any atom is 0.121 e. The summed E-state index contributed by atoms with van der Waals surface area (Å²) in [6.45, 7) is 0.809. The molecular formula is C16H23Cl2NO2. The van der Waals surface area contributed by atoms with Crippen molar-refractivity contribution < 1.29 is 9.84 Å². The molecule has 0 aromatic heterocycles. The molecule has 1 aliphatic rings. The minimum atomic E-state index is -0.525. The van der Waals surface area contributed by atoms with Crippen LogP contribution in [0.25, 0.3) is 0 Å². The molecular weight excluding hydrogens is 309 g/mol. The van der Waals surface area contributed by atoms with Crippen molar-refractivity contribution in [2.75, 3.05) is 13.2 Å². The van der Waals surface area contributed by atoms with E-state index in [-0.39, 0.29) is 6.61 Å². The van der Waals surface area contributed by atoms with Crippen molar-refractivity contribution in [2.24, 2.45) is 0 Å². The van der Waals surface area contributed by atoms with Gasteiger partial charge >= 0.3 is 0 Å². The molecule has 0 radical (unpaired) electrons. The summed E-state index contributed by atoms with van der Waals surface area (Å²) in [6.07, 6.45) is 7.13. The van der Waals surface area contributed by atoms with Crippen molar-refractivity contribution in [3.05, 3.63) is 28.2 Å². The molecule has 118 valence electrons. The van der Waals surface area contributed by atoms with Gasteiger partial charge in [-0.05, 0) is 25.0 Å². The Bertz CT molecular complexity index is 434. The predicted molar refractivity (Wildman–Crippen MR) is 87.5 cm³/mol. The molecule has 5 heteroatoms. The third-order valence-electron chi connectivity index (χ3n) is 3.83. The van der Waals surface area contributed by atoms with E-state index < -0.39 is 6.10 Å². The van der Waals surface area contributed by atoms with Crippen molar-refractivity contribution in [1.82, 2.24) is 5.32 Å². The molecule has 0 spiro atoms. The second-order valence-electron chi connectivity index (χ2n) is 5.64. The van der Waals surface area contributed by atoms with Crippen LogP contribution in [0.15, 0.2) is 18.2 Å². The second-order valence-corrected chi connectivity index (χ2v) is 6.45. The highest BCUT2D eigenvalue weighted by Gasteiger charge is 2.13. The summed E-state index contributed by atoms with van der Waals surface area (Å²) in [6, 6.07) is 5.64. The maximum atomic E-state index is 9.99. The lowest BCUT2D eigenvalue weighted by atomic mass is 10.1. The zero-order valence-corrected chi connectivity index (χ0v) is 13.7. The van der Waals surface area contributed by atoms with E-state index in [2.05, 4.69) is 5.32 Å². The van der Waals surface area contributed by atoms with Crippen molar-refractivity contribution in [3.8, 4) is 5.75 Å². The molecule has 0 amide bonds. The van der Waals surface area contributed by atoms with E-state index in [9.17, 15) is 5.11 Å². The van der Waals surface area contributed by atoms with Crippen LogP contribution in [0.4, 0.5) is 0 Å². The molecule has 0 heterocycles. The molecule has 2 N–H and O–H groups in total. The van der Waals surface area contributed by atoms with Crippen LogP contribution >= 0.6 is 23.2 Å². The van der Waals surface area contributed by atoms with E-state index in [1.54, 1.807) is 18.2 Å². The fourth-order valence-corrected chi connectivity index (χ4v) is 2.89. The van der Waals surface area contributed by atoms with Gasteiger partial charge in [-0.15, -0.1) is 0 Å². The summed E-state index contributed by atoms with van der Waals surface area (Å²) in [5.74, 6) is 0.623. The maximum absolute atomic E-state index is 9.99. The standard InChI is InChI=1S/C16H23Cl2NO2/c17-15-8-7-14(9-16(15)18)21-11-13(20)10-19-12-5-3-1-2-4-6-12/h7-9,12-13,19-20H,1-6,10-11H2. The summed E-state index contributed by atoms with van der Waals surface area (Å²) in [5, 5.41) is 14.4. The van der Waals surface area contributed by atoms with Gasteiger partial charge in [0.25, 0.3) is 0 Å². The van der Waals surface area contributed by atoms with Crippen LogP contribution in [-0.4, -0.2) is 30.4 Å². The Hall–Kier alpha value is -0.480. The molecule has 0 aliphatic heterocycles. The topological polar surface area (TPSA) is 41.5 Å². The predicted octanol–water partition coefficient (Wildman–Crippen LogP) is 4.05. The van der Waals surface area contributed by atoms with E-state index >= 15 is 0 Å². The monoisotopic (exact) mass is 331 g/mol. The number of benzene rings is 1. The van der Waals surface area contributed by atoms with Crippen LogP contribution in [0.2, 0.25) is 10.0 Å². The van der Waals surface area contributed by atoms with Gasteiger partial charge in [0.15, 0.2) is 0 Å². The van der Waals surface area contributed by atoms with Crippen molar-refractivity contribution in [2.45, 2.75) is 50.7 Å². The number of aliphatic hydroxyl groups excluding tert-OH is 1. The van der Waals surface area contributed by atoms with Crippen molar-refractivity contribution in [3.63, 3.8) is 0 Å². The van der Waals surface area contributed by atoms with E-state index in [1.165, 1.54) is 38.5 Å². The van der Waals surface area contributed by atoms with E-state index in [0.717, 1.165) is 0 Å². The highest BCUT2D eigenvalue weighted by Crippen LogP contribution is 2.26. The Morgan fingerprint density at radius 3 is 2.52 bits per heavy atom. The summed E-state index contributed by atoms with van der Waals surface area (Å²) < 4.78 is 5.54. The fourth-order valence-electron chi connectivity index (χ4n) is 2.60. The van der Waals surface area contributed by atoms with Gasteiger partial charge in [-0.2, -0.15) is 0 Å². The summed E-state index contributed by atoms with van der Waals surface area (Å²) in [4.78, 5) is 0. The molecule has 2 rings (SSSR count). The zero-order valence-electron chi connectivity index (χ0n) is 12.2. The first-order valence-electron chi connectivity index (χ1n) is 7.64. The van der Waals surface area contributed by atoms with Gasteiger partial charge in [-0.25, -0.2) is 0 Å². The number of nitrogens with one attached hydrogen (secondary N) is 1. The average molecular weight is 332 g/mol. The van der Waals surface area contributed by atoms with E-state index in [4.69, 9.17) is 27.9 Å². The van der Waals surface area contributed by atoms with Gasteiger partial charge < -0.3 is 15.2 Å². The molecule has 1 fully saturated rings. The average Bonchev–Trinajstić information content (AvgIpc) is 2.75. The molecule has 1 saturated carbocycles. The molecule has 1 aromatic rings. The van der Waals surface area contributed by atoms with Crippen molar-refractivity contribution >= 4 is 23.2 Å². The lowest BCUT2D eigenvalue weighted by molar-refractivity contribution is 0.103. The lowest BCUT2D eigenvalue weighted by Gasteiger charge is -2.19. The van der Waals surface area contributed by atoms with Crippen LogP contribution in [-0.2, 0) is 0 Å². The number of hydrogen-bond donors (Lipinski definition) is 2. The second kappa shape index (κ2) is 8.84. The Balaban J connectivity index is 1.69. The molecule has 0 bridgehead atoms. The quantitative estimate of drug-likeness (QED) is 0.773. The van der Waals surface area contributed by atoms with Gasteiger partial charge in [0.1, 0.15) is 18.5 Å². The Morgan fingerprint density at radius 2 is 1.86 bits per heavy atom. The normalized spacial score (nSPS) is 18.2. The number of halogens is 2. The molecule has 1 aliphatic carbocycles. The van der Waals surface area contributed by atoms with Crippen LogP contribution in [0.5, 0.6) is 5.75 Å². The molecule has 1 atom stereocenters. The van der Waals surface area contributed by atoms with Gasteiger partial charge in [0.05, 0.1) is 10.0 Å². The van der Waals surface area contributed by atoms with Crippen molar-refractivity contribution in [1.29, 1.82) is 0 Å². The first kappa shape index (κ1) is 16.9. The van der Waals surface area contributed by atoms with Gasteiger partial charge in [0.2, 0.25) is 0 Å². The first-order valence-corrected chi connectivity index (χ1v) is 8.40. The third-order valence-corrected chi connectivity index (χ3v) is 4.57.